The Hall–Kier alpha value is -3.25. The number of allylic oxidation sites excluding steroid dienone is 3. The molecule has 0 spiro atoms. The molecule has 7 heteroatoms. The van der Waals surface area contributed by atoms with Gasteiger partial charge in [-0.2, -0.15) is 0 Å². The Bertz CT molecular complexity index is 1170. The van der Waals surface area contributed by atoms with Crippen molar-refractivity contribution in [1.82, 2.24) is 5.32 Å². The second-order valence-corrected chi connectivity index (χ2v) is 8.58. The fourth-order valence-electron chi connectivity index (χ4n) is 4.84. The second-order valence-electron chi connectivity index (χ2n) is 8.14. The molecular weight excluding hydrogens is 442 g/mol. The van der Waals surface area contributed by atoms with Gasteiger partial charge >= 0.3 is 5.97 Å². The number of carbonyl (C=O) groups is 2. The molecule has 1 N–H and O–H groups in total. The van der Waals surface area contributed by atoms with Crippen molar-refractivity contribution in [3.8, 4) is 11.5 Å². The molecule has 2 atom stereocenters. The van der Waals surface area contributed by atoms with Gasteiger partial charge in [-0.05, 0) is 43.0 Å². The number of benzene rings is 2. The maximum atomic E-state index is 13.6. The number of hydrogen-bond donors (Lipinski definition) is 1. The summed E-state index contributed by atoms with van der Waals surface area (Å²) in [4.78, 5) is 26.5. The number of dihydropyridines is 1. The molecule has 2 unspecified atom stereocenters. The fraction of sp³-hybridized carbons (Fsp3) is 0.308. The highest BCUT2D eigenvalue weighted by Gasteiger charge is 2.42. The van der Waals surface area contributed by atoms with E-state index in [-0.39, 0.29) is 11.7 Å². The molecule has 6 nitrogen and oxygen atoms in total. The molecule has 0 amide bonds. The molecule has 0 fully saturated rings. The Morgan fingerprint density at radius 3 is 2.39 bits per heavy atom. The minimum atomic E-state index is -0.627. The zero-order valence-electron chi connectivity index (χ0n) is 19.0. The molecule has 1 aliphatic heterocycles. The van der Waals surface area contributed by atoms with Crippen LogP contribution in [0.15, 0.2) is 65.0 Å². The van der Waals surface area contributed by atoms with Crippen molar-refractivity contribution in [3.05, 3.63) is 81.2 Å². The van der Waals surface area contributed by atoms with Gasteiger partial charge in [0.25, 0.3) is 0 Å². The number of esters is 1. The number of ketones is 1. The van der Waals surface area contributed by atoms with Crippen LogP contribution < -0.4 is 14.8 Å². The van der Waals surface area contributed by atoms with Crippen LogP contribution in [0.2, 0.25) is 5.02 Å². The molecule has 33 heavy (non-hydrogen) atoms. The number of nitrogens with one attached hydrogen (secondary N) is 1. The zero-order valence-corrected chi connectivity index (χ0v) is 19.8. The van der Waals surface area contributed by atoms with Gasteiger partial charge in [0.2, 0.25) is 0 Å². The lowest BCUT2D eigenvalue weighted by Gasteiger charge is -2.37. The van der Waals surface area contributed by atoms with Crippen molar-refractivity contribution < 1.29 is 23.8 Å². The van der Waals surface area contributed by atoms with Crippen molar-refractivity contribution >= 4 is 23.4 Å². The maximum Gasteiger partial charge on any atom is 0.336 e. The van der Waals surface area contributed by atoms with Gasteiger partial charge in [-0.3, -0.25) is 4.79 Å². The SMILES string of the molecule is COC(=O)C1=C(C)NC2=C(C(=O)CC(c3ccc(Cl)cc3)C2)C1c1cccc(OC)c1OC. The van der Waals surface area contributed by atoms with Gasteiger partial charge in [0.05, 0.1) is 32.8 Å². The molecule has 0 bridgehead atoms. The van der Waals surface area contributed by atoms with E-state index in [2.05, 4.69) is 5.32 Å². The zero-order chi connectivity index (χ0) is 23.7. The number of rotatable bonds is 5. The predicted molar refractivity (Wildman–Crippen MR) is 126 cm³/mol. The van der Waals surface area contributed by atoms with Crippen LogP contribution in [0.3, 0.4) is 0 Å². The molecule has 0 saturated carbocycles. The van der Waals surface area contributed by atoms with Crippen molar-refractivity contribution in [2.45, 2.75) is 31.6 Å². The number of hydrogen-bond acceptors (Lipinski definition) is 6. The summed E-state index contributed by atoms with van der Waals surface area (Å²) in [5.74, 6) is -0.110. The number of Topliss-reactive ketones (excluding diaryl/α,β-unsaturated/α-hetero) is 1. The molecule has 2 aromatic rings. The quantitative estimate of drug-likeness (QED) is 0.631. The second kappa shape index (κ2) is 9.32. The first-order valence-corrected chi connectivity index (χ1v) is 11.1. The largest absolute Gasteiger partial charge is 0.493 e. The Labute approximate surface area is 198 Å². The van der Waals surface area contributed by atoms with Crippen LogP contribution in [0.1, 0.15) is 42.7 Å². The van der Waals surface area contributed by atoms with E-state index in [1.807, 2.05) is 43.3 Å². The van der Waals surface area contributed by atoms with Crippen LogP contribution in [0.25, 0.3) is 0 Å². The highest BCUT2D eigenvalue weighted by atomic mass is 35.5. The lowest BCUT2D eigenvalue weighted by atomic mass is 9.71. The van der Waals surface area contributed by atoms with Crippen LogP contribution >= 0.6 is 11.6 Å². The van der Waals surface area contributed by atoms with Gasteiger partial charge in [0, 0.05) is 34.0 Å². The van der Waals surface area contributed by atoms with Crippen LogP contribution in [0.5, 0.6) is 11.5 Å². The summed E-state index contributed by atoms with van der Waals surface area (Å²) in [6.07, 6.45) is 0.968. The highest BCUT2D eigenvalue weighted by molar-refractivity contribution is 6.30. The first kappa shape index (κ1) is 22.9. The number of ether oxygens (including phenoxy) is 3. The summed E-state index contributed by atoms with van der Waals surface area (Å²) in [6.45, 7) is 1.83. The van der Waals surface area contributed by atoms with E-state index in [4.69, 9.17) is 25.8 Å². The Morgan fingerprint density at radius 2 is 1.76 bits per heavy atom. The Kier molecular flexibility index (Phi) is 6.47. The summed E-state index contributed by atoms with van der Waals surface area (Å²) in [7, 11) is 4.44. The number of carbonyl (C=O) groups excluding carboxylic acids is 2. The topological polar surface area (TPSA) is 73.9 Å². The van der Waals surface area contributed by atoms with Gasteiger partial charge in [0.1, 0.15) is 0 Å². The average molecular weight is 468 g/mol. The minimum absolute atomic E-state index is 0.0151. The molecule has 0 radical (unpaired) electrons. The first-order valence-electron chi connectivity index (χ1n) is 10.7. The van der Waals surface area contributed by atoms with Gasteiger partial charge < -0.3 is 19.5 Å². The van der Waals surface area contributed by atoms with Crippen LogP contribution in [-0.4, -0.2) is 33.1 Å². The van der Waals surface area contributed by atoms with Gasteiger partial charge in [-0.25, -0.2) is 4.79 Å². The summed E-state index contributed by atoms with van der Waals surface area (Å²) in [5, 5.41) is 3.99. The molecule has 4 rings (SSSR count). The van der Waals surface area contributed by atoms with Gasteiger partial charge in [-0.1, -0.05) is 35.9 Å². The third-order valence-electron chi connectivity index (χ3n) is 6.32. The number of halogens is 1. The molecule has 1 aliphatic carbocycles. The molecule has 0 saturated heterocycles. The molecular formula is C26H26ClNO5. The van der Waals surface area contributed by atoms with E-state index < -0.39 is 11.9 Å². The van der Waals surface area contributed by atoms with Crippen molar-refractivity contribution in [1.29, 1.82) is 0 Å². The number of para-hydroxylation sites is 1. The maximum absolute atomic E-state index is 13.6. The lowest BCUT2D eigenvalue weighted by Crippen LogP contribution is -2.36. The summed E-state index contributed by atoms with van der Waals surface area (Å²) in [5.41, 5.74) is 4.16. The van der Waals surface area contributed by atoms with E-state index in [1.165, 1.54) is 7.11 Å². The monoisotopic (exact) mass is 467 g/mol. The molecule has 2 aromatic carbocycles. The number of methoxy groups -OCH3 is 3. The van der Waals surface area contributed by atoms with Gasteiger partial charge in [0.15, 0.2) is 17.3 Å². The first-order chi connectivity index (χ1) is 15.9. The standard InChI is InChI=1S/C26H26ClNO5/c1-14-22(26(30)33-4)23(18-6-5-7-21(31-2)25(18)32-3)24-19(28-14)12-16(13-20(24)29)15-8-10-17(27)11-9-15/h5-11,16,23,28H,12-13H2,1-4H3. The summed E-state index contributed by atoms with van der Waals surface area (Å²) >= 11 is 6.05. The normalized spacial score (nSPS) is 20.2. The Balaban J connectivity index is 1.87. The van der Waals surface area contributed by atoms with Crippen LogP contribution in [0, 0.1) is 0 Å². The Morgan fingerprint density at radius 1 is 1.03 bits per heavy atom. The van der Waals surface area contributed by atoms with E-state index in [1.54, 1.807) is 20.3 Å². The highest BCUT2D eigenvalue weighted by Crippen LogP contribution is 2.49. The van der Waals surface area contributed by atoms with Crippen molar-refractivity contribution in [2.24, 2.45) is 0 Å². The van der Waals surface area contributed by atoms with E-state index >= 15 is 0 Å². The van der Waals surface area contributed by atoms with E-state index in [0.717, 1.165) is 11.3 Å². The van der Waals surface area contributed by atoms with Crippen molar-refractivity contribution in [2.75, 3.05) is 21.3 Å². The van der Waals surface area contributed by atoms with E-state index in [0.29, 0.717) is 51.8 Å². The van der Waals surface area contributed by atoms with Gasteiger partial charge in [-0.15, -0.1) is 0 Å². The molecule has 2 aliphatic rings. The van der Waals surface area contributed by atoms with E-state index in [9.17, 15) is 9.59 Å². The third kappa shape index (κ3) is 4.11. The molecule has 0 aromatic heterocycles. The van der Waals surface area contributed by atoms with Crippen LogP contribution in [-0.2, 0) is 14.3 Å². The summed E-state index contributed by atoms with van der Waals surface area (Å²) in [6, 6.07) is 13.1. The lowest BCUT2D eigenvalue weighted by molar-refractivity contribution is -0.136. The van der Waals surface area contributed by atoms with Crippen LogP contribution in [0.4, 0.5) is 0 Å². The minimum Gasteiger partial charge on any atom is -0.493 e. The summed E-state index contributed by atoms with van der Waals surface area (Å²) < 4.78 is 16.3. The van der Waals surface area contributed by atoms with Crippen molar-refractivity contribution in [3.63, 3.8) is 0 Å². The fourth-order valence-corrected chi connectivity index (χ4v) is 4.97. The smallest absolute Gasteiger partial charge is 0.336 e. The molecule has 172 valence electrons. The molecule has 1 heterocycles. The predicted octanol–water partition coefficient (Wildman–Crippen LogP) is 4.89. The average Bonchev–Trinajstić information content (AvgIpc) is 2.82. The third-order valence-corrected chi connectivity index (χ3v) is 6.57.